The van der Waals surface area contributed by atoms with Crippen LogP contribution in [0, 0.1) is 18.3 Å². The molecule has 2 fully saturated rings. The maximum absolute atomic E-state index is 14.4. The van der Waals surface area contributed by atoms with Gasteiger partial charge >= 0.3 is 12.1 Å². The van der Waals surface area contributed by atoms with Crippen molar-refractivity contribution >= 4 is 39.8 Å². The molecule has 12 heteroatoms. The van der Waals surface area contributed by atoms with E-state index >= 15 is 0 Å². The molecule has 2 aliphatic rings. The number of likely N-dealkylation sites (tertiary alicyclic amines) is 1. The van der Waals surface area contributed by atoms with Crippen LogP contribution in [0.5, 0.6) is 6.01 Å². The number of hydrogen-bond acceptors (Lipinski definition) is 9. The average molecular weight is 595 g/mol. The van der Waals surface area contributed by atoms with Crippen molar-refractivity contribution in [3.05, 3.63) is 64.7 Å². The number of aryl methyl sites for hydroxylation is 1. The van der Waals surface area contributed by atoms with E-state index in [1.54, 1.807) is 17.6 Å². The molecular weight excluding hydrogens is 560 g/mol. The highest BCUT2D eigenvalue weighted by atomic mass is 16.5. The molecule has 2 aromatic carbocycles. The van der Waals surface area contributed by atoms with Crippen molar-refractivity contribution in [3.8, 4) is 17.8 Å². The first kappa shape index (κ1) is 29.1. The summed E-state index contributed by atoms with van der Waals surface area (Å²) in [6.45, 7) is 7.78. The number of carboxylic acid groups (broad SMARTS) is 1. The number of nitriles is 1. The second-order valence-corrected chi connectivity index (χ2v) is 11.3. The summed E-state index contributed by atoms with van der Waals surface area (Å²) < 4.78 is 7.69. The van der Waals surface area contributed by atoms with E-state index in [-0.39, 0.29) is 42.6 Å². The molecule has 1 amide bonds. The number of likely N-dealkylation sites (N-methyl/N-ethyl adjacent to an activating group) is 1. The highest BCUT2D eigenvalue weighted by Crippen LogP contribution is 2.30. The lowest BCUT2D eigenvalue weighted by atomic mass is 10.0. The van der Waals surface area contributed by atoms with Crippen molar-refractivity contribution in [2.24, 2.45) is 0 Å². The summed E-state index contributed by atoms with van der Waals surface area (Å²) in [5.41, 5.74) is 1.58. The van der Waals surface area contributed by atoms with Gasteiger partial charge in [-0.1, -0.05) is 43.0 Å². The Hall–Kier alpha value is -5.02. The first-order chi connectivity index (χ1) is 21.3. The first-order valence-corrected chi connectivity index (χ1v) is 14.7. The molecule has 4 aromatic rings. The largest absolute Gasteiger partial charge is 0.465 e. The molecule has 6 rings (SSSR count). The van der Waals surface area contributed by atoms with Crippen molar-refractivity contribution in [1.29, 1.82) is 5.26 Å². The SMILES string of the molecule is C=Cc1cccc2cccc(-n3c(C)nc4c(N5CCN(C(=O)O)[C@@H](CC#N)C5)nc(OC[C@@H]5CCCN5C)nc4c3=O)c12. The van der Waals surface area contributed by atoms with E-state index in [2.05, 4.69) is 29.6 Å². The zero-order chi connectivity index (χ0) is 31.0. The monoisotopic (exact) mass is 594 g/mol. The topological polar surface area (TPSA) is 141 Å². The van der Waals surface area contributed by atoms with Crippen LogP contribution in [0.3, 0.4) is 0 Å². The second-order valence-electron chi connectivity index (χ2n) is 11.3. The number of carbonyl (C=O) groups is 1. The van der Waals surface area contributed by atoms with Crippen LogP contribution in [-0.2, 0) is 0 Å². The lowest BCUT2D eigenvalue weighted by molar-refractivity contribution is 0.119. The molecule has 0 spiro atoms. The summed E-state index contributed by atoms with van der Waals surface area (Å²) in [5.74, 6) is 0.826. The Balaban J connectivity index is 1.52. The van der Waals surface area contributed by atoms with E-state index in [0.717, 1.165) is 35.7 Å². The van der Waals surface area contributed by atoms with Gasteiger partial charge in [0.1, 0.15) is 17.9 Å². The van der Waals surface area contributed by atoms with Gasteiger partial charge in [0.05, 0.1) is 24.2 Å². The Morgan fingerprint density at radius 2 is 1.93 bits per heavy atom. The average Bonchev–Trinajstić information content (AvgIpc) is 3.44. The van der Waals surface area contributed by atoms with Gasteiger partial charge in [0.15, 0.2) is 11.3 Å². The number of nitrogens with zero attached hydrogens (tertiary/aromatic N) is 8. The van der Waals surface area contributed by atoms with Crippen LogP contribution in [-0.4, -0.2) is 92.4 Å². The van der Waals surface area contributed by atoms with Gasteiger partial charge in [-0.3, -0.25) is 9.36 Å². The van der Waals surface area contributed by atoms with Crippen LogP contribution in [0.15, 0.2) is 47.8 Å². The molecule has 0 saturated carbocycles. The van der Waals surface area contributed by atoms with E-state index in [1.807, 2.05) is 41.3 Å². The van der Waals surface area contributed by atoms with Crippen molar-refractivity contribution in [2.45, 2.75) is 38.3 Å². The molecule has 0 aliphatic carbocycles. The lowest BCUT2D eigenvalue weighted by Crippen LogP contribution is -2.55. The number of anilines is 1. The van der Waals surface area contributed by atoms with Gasteiger partial charge < -0.3 is 24.5 Å². The number of rotatable bonds is 7. The Labute approximate surface area is 254 Å². The molecule has 2 atom stereocenters. The standard InChI is InChI=1S/C32H34N8O4/c1-4-21-8-5-9-22-10-6-12-25(26(21)22)40-20(2)34-27-28(30(40)41)35-31(44-19-24-11-7-15-37(24)3)36-29(27)38-16-17-39(32(42)43)23(18-38)13-14-33/h4-6,8-10,12,23-24H,1,7,11,13,15-19H2,2-3H3,(H,42,43)/t23-,24-/m0/s1. The zero-order valence-corrected chi connectivity index (χ0v) is 24.8. The highest BCUT2D eigenvalue weighted by molar-refractivity contribution is 5.97. The third kappa shape index (κ3) is 5.20. The van der Waals surface area contributed by atoms with Crippen molar-refractivity contribution in [3.63, 3.8) is 0 Å². The summed E-state index contributed by atoms with van der Waals surface area (Å²) in [6, 6.07) is 13.5. The molecule has 2 aliphatic heterocycles. The maximum atomic E-state index is 14.4. The van der Waals surface area contributed by atoms with Crippen LogP contribution in [0.1, 0.15) is 30.7 Å². The Kier molecular flexibility index (Phi) is 7.88. The number of benzene rings is 2. The van der Waals surface area contributed by atoms with Gasteiger partial charge in [-0.2, -0.15) is 15.2 Å². The van der Waals surface area contributed by atoms with Gasteiger partial charge in [-0.25, -0.2) is 9.78 Å². The van der Waals surface area contributed by atoms with E-state index < -0.39 is 12.1 Å². The smallest absolute Gasteiger partial charge is 0.407 e. The van der Waals surface area contributed by atoms with Gasteiger partial charge in [-0.15, -0.1) is 0 Å². The number of ether oxygens (including phenoxy) is 1. The third-order valence-corrected chi connectivity index (χ3v) is 8.65. The summed E-state index contributed by atoms with van der Waals surface area (Å²) in [5, 5.41) is 21.0. The van der Waals surface area contributed by atoms with Crippen LogP contribution in [0.2, 0.25) is 0 Å². The van der Waals surface area contributed by atoms with Crippen LogP contribution in [0.25, 0.3) is 33.6 Å². The molecule has 2 aromatic heterocycles. The fraction of sp³-hybridized carbons (Fsp3) is 0.375. The number of amides is 1. The minimum absolute atomic E-state index is 0.0230. The van der Waals surface area contributed by atoms with Crippen LogP contribution in [0.4, 0.5) is 10.6 Å². The van der Waals surface area contributed by atoms with Crippen molar-refractivity contribution in [2.75, 3.05) is 44.7 Å². The van der Waals surface area contributed by atoms with Gasteiger partial charge in [0, 0.05) is 31.1 Å². The number of hydrogen-bond donors (Lipinski definition) is 1. The molecule has 12 nitrogen and oxygen atoms in total. The van der Waals surface area contributed by atoms with Crippen LogP contribution >= 0.6 is 0 Å². The van der Waals surface area contributed by atoms with Crippen LogP contribution < -0.4 is 15.2 Å². The fourth-order valence-corrected chi connectivity index (χ4v) is 6.35. The molecule has 0 unspecified atom stereocenters. The summed E-state index contributed by atoms with van der Waals surface area (Å²) in [4.78, 5) is 45.9. The molecule has 2 saturated heterocycles. The molecule has 44 heavy (non-hydrogen) atoms. The summed E-state index contributed by atoms with van der Waals surface area (Å²) >= 11 is 0. The van der Waals surface area contributed by atoms with E-state index in [9.17, 15) is 20.0 Å². The van der Waals surface area contributed by atoms with E-state index in [0.29, 0.717) is 36.0 Å². The first-order valence-electron chi connectivity index (χ1n) is 14.7. The predicted molar refractivity (Wildman–Crippen MR) is 167 cm³/mol. The Morgan fingerprint density at radius 1 is 1.14 bits per heavy atom. The van der Waals surface area contributed by atoms with Gasteiger partial charge in [0.25, 0.3) is 5.56 Å². The summed E-state index contributed by atoms with van der Waals surface area (Å²) in [6.07, 6.45) is 2.78. The Morgan fingerprint density at radius 3 is 2.64 bits per heavy atom. The normalized spacial score (nSPS) is 18.9. The quantitative estimate of drug-likeness (QED) is 0.336. The van der Waals surface area contributed by atoms with Crippen molar-refractivity contribution in [1.82, 2.24) is 29.3 Å². The highest BCUT2D eigenvalue weighted by Gasteiger charge is 2.33. The van der Waals surface area contributed by atoms with E-state index in [1.165, 1.54) is 4.90 Å². The predicted octanol–water partition coefficient (Wildman–Crippen LogP) is 3.84. The minimum Gasteiger partial charge on any atom is -0.465 e. The second kappa shape index (κ2) is 11.9. The summed E-state index contributed by atoms with van der Waals surface area (Å²) in [7, 11) is 2.05. The maximum Gasteiger partial charge on any atom is 0.407 e. The molecule has 1 N–H and O–H groups in total. The Bertz CT molecular complexity index is 1860. The fourth-order valence-electron chi connectivity index (χ4n) is 6.35. The molecule has 4 heterocycles. The number of piperazine rings is 1. The number of fused-ring (bicyclic) bond motifs is 2. The molecule has 0 radical (unpaired) electrons. The zero-order valence-electron chi connectivity index (χ0n) is 24.8. The third-order valence-electron chi connectivity index (χ3n) is 8.65. The van der Waals surface area contributed by atoms with Crippen molar-refractivity contribution < 1.29 is 14.6 Å². The molecular formula is C32H34N8O4. The lowest BCUT2D eigenvalue weighted by Gasteiger charge is -2.39. The molecule has 0 bridgehead atoms. The van der Waals surface area contributed by atoms with Gasteiger partial charge in [-0.05, 0) is 50.4 Å². The molecule has 226 valence electrons. The number of aromatic nitrogens is 4. The minimum atomic E-state index is -1.08. The van der Waals surface area contributed by atoms with E-state index in [4.69, 9.17) is 14.7 Å². The van der Waals surface area contributed by atoms with Gasteiger partial charge in [0.2, 0.25) is 0 Å².